The second-order valence-electron chi connectivity index (χ2n) is 2.85. The summed E-state index contributed by atoms with van der Waals surface area (Å²) in [5, 5.41) is 0.195. The van der Waals surface area contributed by atoms with Gasteiger partial charge in [0.05, 0.1) is 10.2 Å². The van der Waals surface area contributed by atoms with Crippen LogP contribution in [0.15, 0.2) is 16.6 Å². The van der Waals surface area contributed by atoms with Crippen molar-refractivity contribution in [2.45, 2.75) is 6.36 Å². The highest BCUT2D eigenvalue weighted by Crippen LogP contribution is 2.37. The Balaban J connectivity index is 2.58. The molecular weight excluding hydrogens is 309 g/mol. The van der Waals surface area contributed by atoms with E-state index < -0.39 is 6.36 Å². The summed E-state index contributed by atoms with van der Waals surface area (Å²) < 4.78 is 41.0. The molecule has 0 unspecified atom stereocenters. The van der Waals surface area contributed by atoms with E-state index in [0.717, 1.165) is 11.3 Å². The van der Waals surface area contributed by atoms with Gasteiger partial charge in [0.15, 0.2) is 5.13 Å². The Morgan fingerprint density at radius 2 is 2.06 bits per heavy atom. The molecule has 0 aliphatic carbocycles. The molecule has 0 atom stereocenters. The van der Waals surface area contributed by atoms with E-state index >= 15 is 0 Å². The van der Waals surface area contributed by atoms with Crippen LogP contribution in [0, 0.1) is 0 Å². The topological polar surface area (TPSA) is 48.1 Å². The number of nitrogens with zero attached hydrogens (tertiary/aromatic N) is 1. The van der Waals surface area contributed by atoms with Gasteiger partial charge in [-0.1, -0.05) is 27.3 Å². The lowest BCUT2D eigenvalue weighted by molar-refractivity contribution is -0.274. The van der Waals surface area contributed by atoms with Crippen LogP contribution in [0.2, 0.25) is 0 Å². The van der Waals surface area contributed by atoms with Crippen LogP contribution in [0.25, 0.3) is 10.2 Å². The van der Waals surface area contributed by atoms with Crippen molar-refractivity contribution in [1.29, 1.82) is 0 Å². The molecule has 1 aromatic carbocycles. The number of hydrogen-bond donors (Lipinski definition) is 1. The highest BCUT2D eigenvalue weighted by atomic mass is 79.9. The number of rotatable bonds is 1. The van der Waals surface area contributed by atoms with E-state index in [4.69, 9.17) is 5.73 Å². The van der Waals surface area contributed by atoms with Gasteiger partial charge in [-0.05, 0) is 12.1 Å². The van der Waals surface area contributed by atoms with Gasteiger partial charge in [0.2, 0.25) is 0 Å². The van der Waals surface area contributed by atoms with Crippen molar-refractivity contribution in [2.24, 2.45) is 0 Å². The maximum Gasteiger partial charge on any atom is 0.573 e. The molecule has 2 N–H and O–H groups in total. The summed E-state index contributed by atoms with van der Waals surface area (Å²) in [6.45, 7) is 0. The fraction of sp³-hybridized carbons (Fsp3) is 0.125. The molecule has 1 aromatic heterocycles. The maximum absolute atomic E-state index is 12.1. The molecule has 0 saturated carbocycles. The number of anilines is 1. The molecule has 0 radical (unpaired) electrons. The molecule has 0 aliphatic rings. The lowest BCUT2D eigenvalue weighted by Gasteiger charge is -2.09. The van der Waals surface area contributed by atoms with Gasteiger partial charge in [0.1, 0.15) is 5.75 Å². The van der Waals surface area contributed by atoms with Crippen LogP contribution < -0.4 is 10.5 Å². The molecule has 0 saturated heterocycles. The van der Waals surface area contributed by atoms with Gasteiger partial charge >= 0.3 is 6.36 Å². The lowest BCUT2D eigenvalue weighted by Crippen LogP contribution is -2.17. The molecule has 1 heterocycles. The minimum absolute atomic E-state index is 0.195. The second kappa shape index (κ2) is 3.77. The first-order chi connectivity index (χ1) is 7.35. The van der Waals surface area contributed by atoms with E-state index in [2.05, 4.69) is 25.7 Å². The first kappa shape index (κ1) is 11.5. The Bertz CT molecular complexity index is 540. The van der Waals surface area contributed by atoms with Gasteiger partial charge in [0, 0.05) is 4.47 Å². The minimum Gasteiger partial charge on any atom is -0.404 e. The lowest BCUT2D eigenvalue weighted by atomic mass is 10.3. The first-order valence-electron chi connectivity index (χ1n) is 3.96. The van der Waals surface area contributed by atoms with E-state index in [1.165, 1.54) is 6.07 Å². The number of fused-ring (bicyclic) bond motifs is 1. The van der Waals surface area contributed by atoms with Crippen molar-refractivity contribution in [2.75, 3.05) is 5.73 Å². The van der Waals surface area contributed by atoms with Gasteiger partial charge in [-0.25, -0.2) is 4.98 Å². The zero-order valence-electron chi connectivity index (χ0n) is 7.51. The van der Waals surface area contributed by atoms with E-state index in [0.29, 0.717) is 9.99 Å². The number of aromatic nitrogens is 1. The Morgan fingerprint density at radius 3 is 2.69 bits per heavy atom. The largest absolute Gasteiger partial charge is 0.573 e. The Morgan fingerprint density at radius 1 is 1.38 bits per heavy atom. The van der Waals surface area contributed by atoms with Crippen molar-refractivity contribution in [1.82, 2.24) is 4.98 Å². The highest BCUT2D eigenvalue weighted by molar-refractivity contribution is 9.10. The van der Waals surface area contributed by atoms with E-state index in [1.54, 1.807) is 6.07 Å². The normalized spacial score (nSPS) is 12.0. The van der Waals surface area contributed by atoms with Crippen LogP contribution in [-0.2, 0) is 0 Å². The van der Waals surface area contributed by atoms with Crippen LogP contribution in [0.1, 0.15) is 0 Å². The number of nitrogen functional groups attached to an aromatic ring is 1. The van der Waals surface area contributed by atoms with E-state index in [9.17, 15) is 13.2 Å². The number of benzene rings is 1. The Hall–Kier alpha value is -1.02. The summed E-state index contributed by atoms with van der Waals surface area (Å²) >= 11 is 4.03. The Labute approximate surface area is 100 Å². The standard InChI is InChI=1S/C8H4BrF3N2OS/c9-3-1-4-6(16-7(13)14-4)5(2-3)15-8(10,11)12/h1-2H,(H2,13,14). The molecule has 0 spiro atoms. The summed E-state index contributed by atoms with van der Waals surface area (Å²) in [6.07, 6.45) is -4.73. The fourth-order valence-electron chi connectivity index (χ4n) is 1.19. The van der Waals surface area contributed by atoms with Crippen LogP contribution in [0.5, 0.6) is 5.75 Å². The SMILES string of the molecule is Nc1nc2cc(Br)cc(OC(F)(F)F)c2s1. The van der Waals surface area contributed by atoms with Gasteiger partial charge < -0.3 is 10.5 Å². The first-order valence-corrected chi connectivity index (χ1v) is 5.57. The average molecular weight is 313 g/mol. The quantitative estimate of drug-likeness (QED) is 0.876. The molecule has 16 heavy (non-hydrogen) atoms. The van der Waals surface area contributed by atoms with Gasteiger partial charge in [-0.2, -0.15) is 0 Å². The van der Waals surface area contributed by atoms with Crippen molar-refractivity contribution < 1.29 is 17.9 Å². The van der Waals surface area contributed by atoms with Crippen LogP contribution in [0.4, 0.5) is 18.3 Å². The molecular formula is C8H4BrF3N2OS. The summed E-state index contributed by atoms with van der Waals surface area (Å²) in [5.41, 5.74) is 5.80. The molecule has 2 rings (SSSR count). The second-order valence-corrected chi connectivity index (χ2v) is 4.80. The predicted molar refractivity (Wildman–Crippen MR) is 58.4 cm³/mol. The van der Waals surface area contributed by atoms with Crippen molar-refractivity contribution in [3.05, 3.63) is 16.6 Å². The molecule has 0 amide bonds. The summed E-state index contributed by atoms with van der Waals surface area (Å²) in [4.78, 5) is 3.88. The summed E-state index contributed by atoms with van der Waals surface area (Å²) in [7, 11) is 0. The molecule has 86 valence electrons. The van der Waals surface area contributed by atoms with Gasteiger partial charge in [-0.15, -0.1) is 13.2 Å². The van der Waals surface area contributed by atoms with E-state index in [-0.39, 0.29) is 15.6 Å². The number of halogens is 4. The van der Waals surface area contributed by atoms with Crippen molar-refractivity contribution >= 4 is 42.6 Å². The third kappa shape index (κ3) is 2.38. The zero-order chi connectivity index (χ0) is 11.9. The highest BCUT2D eigenvalue weighted by Gasteiger charge is 2.32. The number of nitrogens with two attached hydrogens (primary N) is 1. The predicted octanol–water partition coefficient (Wildman–Crippen LogP) is 3.54. The number of thiazole rings is 1. The van der Waals surface area contributed by atoms with Crippen LogP contribution in [-0.4, -0.2) is 11.3 Å². The van der Waals surface area contributed by atoms with Crippen LogP contribution >= 0.6 is 27.3 Å². The Kier molecular flexibility index (Phi) is 2.70. The number of ether oxygens (including phenoxy) is 1. The third-order valence-corrected chi connectivity index (χ3v) is 3.04. The molecule has 3 nitrogen and oxygen atoms in total. The summed E-state index contributed by atoms with van der Waals surface area (Å²) in [5.74, 6) is -0.300. The number of hydrogen-bond acceptors (Lipinski definition) is 4. The number of alkyl halides is 3. The zero-order valence-corrected chi connectivity index (χ0v) is 9.91. The molecule has 8 heteroatoms. The molecule has 2 aromatic rings. The fourth-order valence-corrected chi connectivity index (χ4v) is 2.38. The monoisotopic (exact) mass is 312 g/mol. The van der Waals surface area contributed by atoms with E-state index in [1.807, 2.05) is 0 Å². The molecule has 0 fully saturated rings. The average Bonchev–Trinajstić information content (AvgIpc) is 2.42. The molecule has 0 aliphatic heterocycles. The summed E-state index contributed by atoms with van der Waals surface area (Å²) in [6, 6.07) is 2.80. The van der Waals surface area contributed by atoms with Crippen LogP contribution in [0.3, 0.4) is 0 Å². The minimum atomic E-state index is -4.73. The maximum atomic E-state index is 12.1. The van der Waals surface area contributed by atoms with Gasteiger partial charge in [-0.3, -0.25) is 0 Å². The molecule has 0 bridgehead atoms. The van der Waals surface area contributed by atoms with Gasteiger partial charge in [0.25, 0.3) is 0 Å². The smallest absolute Gasteiger partial charge is 0.404 e. The third-order valence-electron chi connectivity index (χ3n) is 1.66. The van der Waals surface area contributed by atoms with Crippen molar-refractivity contribution in [3.63, 3.8) is 0 Å². The van der Waals surface area contributed by atoms with Crippen molar-refractivity contribution in [3.8, 4) is 5.75 Å².